The highest BCUT2D eigenvalue weighted by Crippen LogP contribution is 2.28. The van der Waals surface area contributed by atoms with Crippen molar-refractivity contribution >= 4 is 47.3 Å². The van der Waals surface area contributed by atoms with Crippen LogP contribution in [-0.2, 0) is 38.4 Å². The molecule has 0 radical (unpaired) electrons. The fourth-order valence-corrected chi connectivity index (χ4v) is 6.16. The molecule has 20 nitrogen and oxygen atoms in total. The number of hydrogen-bond acceptors (Lipinski definition) is 12. The molecule has 3 rings (SSSR count). The predicted molar refractivity (Wildman–Crippen MR) is 166 cm³/mol. The molecule has 0 saturated carbocycles. The van der Waals surface area contributed by atoms with Crippen LogP contribution in [0.1, 0.15) is 45.4 Å². The Morgan fingerprint density at radius 3 is 1.73 bits per heavy atom. The second-order valence-corrected chi connectivity index (χ2v) is 12.2. The number of likely N-dealkylation sites (tertiary alicyclic amines) is 3. The normalized spacial score (nSPS) is 22.9. The summed E-state index contributed by atoms with van der Waals surface area (Å²) in [6.07, 6.45) is 2.41. The second kappa shape index (κ2) is 17.8. The molecule has 3 aliphatic heterocycles. The molecule has 0 aliphatic carbocycles. The summed E-state index contributed by atoms with van der Waals surface area (Å²) in [6.45, 7) is -0.839. The van der Waals surface area contributed by atoms with Gasteiger partial charge in [-0.3, -0.25) is 33.6 Å². The van der Waals surface area contributed by atoms with Gasteiger partial charge in [-0.1, -0.05) is 0 Å². The van der Waals surface area contributed by atoms with Crippen molar-refractivity contribution in [2.24, 2.45) is 5.73 Å². The quantitative estimate of drug-likeness (QED) is 0.0770. The molecule has 3 fully saturated rings. The van der Waals surface area contributed by atoms with Crippen LogP contribution in [-0.4, -0.2) is 171 Å². The lowest BCUT2D eigenvalue weighted by atomic mass is 10.1. The first kappa shape index (κ1) is 39.0. The summed E-state index contributed by atoms with van der Waals surface area (Å²) in [5.74, 6) is -6.18. The van der Waals surface area contributed by atoms with E-state index in [2.05, 4.69) is 21.3 Å². The minimum Gasteiger partial charge on any atom is -0.480 e. The van der Waals surface area contributed by atoms with Gasteiger partial charge in [0.2, 0.25) is 41.4 Å². The highest BCUT2D eigenvalue weighted by Gasteiger charge is 2.46. The number of carboxylic acids is 1. The minimum atomic E-state index is -1.53. The van der Waals surface area contributed by atoms with Crippen LogP contribution in [0, 0.1) is 0 Å². The van der Waals surface area contributed by atoms with E-state index in [1.807, 2.05) is 0 Å². The van der Waals surface area contributed by atoms with Crippen LogP contribution in [0.25, 0.3) is 0 Å². The SMILES string of the molecule is C[C@H](NC(=O)CNC(=O)[C@H](CO)NC(=O)[C@@H](N)CO)C(=O)N1CCC[C@H]1C(=O)N1CCC[C@H]1C(=O)N1CCC[C@H]1C(=O)N[C@@H](CO)C(=O)O. The highest BCUT2D eigenvalue weighted by molar-refractivity contribution is 5.97. The number of nitrogens with one attached hydrogen (secondary N) is 4. The van der Waals surface area contributed by atoms with E-state index in [-0.39, 0.29) is 26.1 Å². The summed E-state index contributed by atoms with van der Waals surface area (Å²) in [7, 11) is 0. The number of carbonyl (C=O) groups is 8. The maximum Gasteiger partial charge on any atom is 0.328 e. The van der Waals surface area contributed by atoms with Gasteiger partial charge in [0.1, 0.15) is 42.3 Å². The van der Waals surface area contributed by atoms with Crippen molar-refractivity contribution in [1.82, 2.24) is 36.0 Å². The molecule has 7 atom stereocenters. The van der Waals surface area contributed by atoms with Gasteiger partial charge in [-0.2, -0.15) is 0 Å². The zero-order valence-corrected chi connectivity index (χ0v) is 27.2. The summed E-state index contributed by atoms with van der Waals surface area (Å²) in [4.78, 5) is 106. The van der Waals surface area contributed by atoms with Gasteiger partial charge in [0.15, 0.2) is 0 Å². The summed E-state index contributed by atoms with van der Waals surface area (Å²) >= 11 is 0. The van der Waals surface area contributed by atoms with Crippen LogP contribution in [0.3, 0.4) is 0 Å². The topological polar surface area (TPSA) is 301 Å². The Kier molecular flexibility index (Phi) is 14.2. The lowest BCUT2D eigenvalue weighted by Gasteiger charge is -2.34. The molecule has 10 N–H and O–H groups in total. The van der Waals surface area contributed by atoms with Crippen molar-refractivity contribution in [2.75, 3.05) is 46.0 Å². The van der Waals surface area contributed by atoms with Crippen LogP contribution in [0.2, 0.25) is 0 Å². The summed E-state index contributed by atoms with van der Waals surface area (Å²) in [6, 6.07) is -8.16. The molecule has 3 aliphatic rings. The summed E-state index contributed by atoms with van der Waals surface area (Å²) in [5.41, 5.74) is 5.38. The van der Waals surface area contributed by atoms with E-state index < -0.39 is 116 Å². The second-order valence-electron chi connectivity index (χ2n) is 12.2. The van der Waals surface area contributed by atoms with Crippen molar-refractivity contribution in [3.05, 3.63) is 0 Å². The number of aliphatic hydroxyl groups excluding tert-OH is 3. The van der Waals surface area contributed by atoms with Crippen LogP contribution >= 0.6 is 0 Å². The fourth-order valence-electron chi connectivity index (χ4n) is 6.16. The molecule has 274 valence electrons. The average Bonchev–Trinajstić information content (AvgIpc) is 3.88. The lowest BCUT2D eigenvalue weighted by Crippen LogP contribution is -2.58. The van der Waals surface area contributed by atoms with E-state index in [1.54, 1.807) is 0 Å². The molecule has 3 heterocycles. The van der Waals surface area contributed by atoms with Gasteiger partial charge >= 0.3 is 5.97 Å². The van der Waals surface area contributed by atoms with Gasteiger partial charge in [-0.05, 0) is 45.4 Å². The number of nitrogens with two attached hydrogens (primary N) is 1. The molecule has 0 bridgehead atoms. The molecule has 0 aromatic rings. The molecule has 3 saturated heterocycles. The molecule has 0 unspecified atom stereocenters. The first-order chi connectivity index (χ1) is 23.2. The largest absolute Gasteiger partial charge is 0.480 e. The van der Waals surface area contributed by atoms with Crippen LogP contribution in [0.4, 0.5) is 0 Å². The van der Waals surface area contributed by atoms with Crippen molar-refractivity contribution in [3.8, 4) is 0 Å². The highest BCUT2D eigenvalue weighted by atomic mass is 16.4. The number of carbonyl (C=O) groups excluding carboxylic acids is 7. The molecular weight excluding hydrogens is 652 g/mol. The molecule has 20 heteroatoms. The number of carboxylic acid groups (broad SMARTS) is 1. The van der Waals surface area contributed by atoms with E-state index in [9.17, 15) is 53.7 Å². The van der Waals surface area contributed by atoms with E-state index >= 15 is 0 Å². The number of aliphatic hydroxyl groups is 3. The van der Waals surface area contributed by atoms with Crippen molar-refractivity contribution in [3.63, 3.8) is 0 Å². The van der Waals surface area contributed by atoms with Crippen LogP contribution in [0.15, 0.2) is 0 Å². The third-order valence-corrected chi connectivity index (χ3v) is 8.80. The summed E-state index contributed by atoms with van der Waals surface area (Å²) < 4.78 is 0. The molecule has 7 amide bonds. The minimum absolute atomic E-state index is 0.219. The Balaban J connectivity index is 1.58. The number of nitrogens with zero attached hydrogens (tertiary/aromatic N) is 3. The zero-order valence-electron chi connectivity index (χ0n) is 27.2. The van der Waals surface area contributed by atoms with Crippen LogP contribution < -0.4 is 27.0 Å². The van der Waals surface area contributed by atoms with Crippen molar-refractivity contribution in [1.29, 1.82) is 0 Å². The molecule has 49 heavy (non-hydrogen) atoms. The van der Waals surface area contributed by atoms with E-state index in [4.69, 9.17) is 10.8 Å². The molecule has 0 aromatic heterocycles. The van der Waals surface area contributed by atoms with Crippen molar-refractivity contribution in [2.45, 2.75) is 87.7 Å². The Bertz CT molecular complexity index is 1280. The number of hydrogen-bond donors (Lipinski definition) is 9. The van der Waals surface area contributed by atoms with Gasteiger partial charge in [0.25, 0.3) is 0 Å². The van der Waals surface area contributed by atoms with E-state index in [1.165, 1.54) is 21.6 Å². The van der Waals surface area contributed by atoms with E-state index in [0.717, 1.165) is 0 Å². The lowest BCUT2D eigenvalue weighted by molar-refractivity contribution is -0.151. The van der Waals surface area contributed by atoms with Crippen LogP contribution in [0.5, 0.6) is 0 Å². The maximum absolute atomic E-state index is 13.8. The number of amides is 7. The summed E-state index contributed by atoms with van der Waals surface area (Å²) in [5, 5.41) is 45.9. The van der Waals surface area contributed by atoms with Gasteiger partial charge in [0.05, 0.1) is 26.4 Å². The van der Waals surface area contributed by atoms with Gasteiger partial charge < -0.3 is 62.1 Å². The van der Waals surface area contributed by atoms with Crippen molar-refractivity contribution < 1.29 is 58.8 Å². The number of rotatable bonds is 15. The van der Waals surface area contributed by atoms with E-state index in [0.29, 0.717) is 32.1 Å². The fraction of sp³-hybridized carbons (Fsp3) is 0.724. The molecule has 0 aromatic carbocycles. The van der Waals surface area contributed by atoms with Gasteiger partial charge in [-0.25, -0.2) is 4.79 Å². The maximum atomic E-state index is 13.8. The molecular formula is C29H46N8O12. The Hall–Kier alpha value is -4.40. The number of aliphatic carboxylic acids is 1. The first-order valence-corrected chi connectivity index (χ1v) is 16.2. The first-order valence-electron chi connectivity index (χ1n) is 16.2. The Morgan fingerprint density at radius 2 is 1.20 bits per heavy atom. The Labute approximate surface area is 281 Å². The predicted octanol–water partition coefficient (Wildman–Crippen LogP) is -6.06. The molecule has 0 spiro atoms. The zero-order chi connectivity index (χ0) is 36.4. The monoisotopic (exact) mass is 698 g/mol. The Morgan fingerprint density at radius 1 is 0.694 bits per heavy atom. The average molecular weight is 699 g/mol. The van der Waals surface area contributed by atoms with Gasteiger partial charge in [0, 0.05) is 19.6 Å². The third kappa shape index (κ3) is 9.61. The third-order valence-electron chi connectivity index (χ3n) is 8.80. The standard InChI is InChI=1S/C29H46N8O12/c1-15(32-22(41)11-31-24(43)17(13-39)33-23(42)16(30)12-38)26(45)36-9-3-6-20(36)28(47)37-10-4-7-21(37)27(46)35-8-2-5-19(35)25(44)34-18(14-40)29(48)49/h15-21,38-40H,2-14,30H2,1H3,(H,31,43)(H,32,41)(H,33,42)(H,34,44)(H,48,49)/t15-,16-,17-,18-,19-,20-,21-/m0/s1. The smallest absolute Gasteiger partial charge is 0.328 e. The van der Waals surface area contributed by atoms with Gasteiger partial charge in [-0.15, -0.1) is 0 Å².